The van der Waals surface area contributed by atoms with E-state index in [4.69, 9.17) is 17.0 Å². The van der Waals surface area contributed by atoms with Crippen molar-refractivity contribution in [2.75, 3.05) is 31.7 Å². The first-order valence-corrected chi connectivity index (χ1v) is 8.12. The Bertz CT molecular complexity index is 486. The molecule has 1 aromatic rings. The molecule has 2 heterocycles. The van der Waals surface area contributed by atoms with Crippen LogP contribution in [-0.2, 0) is 4.74 Å². The molecule has 20 heavy (non-hydrogen) atoms. The number of nitrogens with zero attached hydrogens (tertiary/aromatic N) is 3. The minimum Gasteiger partial charge on any atom is -0.381 e. The van der Waals surface area contributed by atoms with Gasteiger partial charge in [-0.1, -0.05) is 12.8 Å². The van der Waals surface area contributed by atoms with Crippen LogP contribution in [0.3, 0.4) is 0 Å². The summed E-state index contributed by atoms with van der Waals surface area (Å²) in [6, 6.07) is 0.536. The van der Waals surface area contributed by atoms with Gasteiger partial charge in [-0.25, -0.2) is 5.10 Å². The summed E-state index contributed by atoms with van der Waals surface area (Å²) in [5.41, 5.74) is 0. The normalized spacial score (nSPS) is 21.4. The van der Waals surface area contributed by atoms with Crippen molar-refractivity contribution in [3.8, 4) is 0 Å². The first-order chi connectivity index (χ1) is 9.75. The third kappa shape index (κ3) is 2.91. The van der Waals surface area contributed by atoms with Crippen molar-refractivity contribution in [1.29, 1.82) is 0 Å². The van der Waals surface area contributed by atoms with E-state index in [1.807, 2.05) is 0 Å². The van der Waals surface area contributed by atoms with Crippen molar-refractivity contribution in [2.45, 2.75) is 44.6 Å². The Morgan fingerprint density at radius 2 is 2.00 bits per heavy atom. The van der Waals surface area contributed by atoms with Gasteiger partial charge in [0, 0.05) is 32.8 Å². The summed E-state index contributed by atoms with van der Waals surface area (Å²) in [6.45, 7) is 2.83. The Morgan fingerprint density at radius 1 is 1.30 bits per heavy atom. The summed E-state index contributed by atoms with van der Waals surface area (Å²) in [7, 11) is 2.13. The Balaban J connectivity index is 1.73. The van der Waals surface area contributed by atoms with Crippen LogP contribution in [0.5, 0.6) is 0 Å². The molecule has 112 valence electrons. The lowest BCUT2D eigenvalue weighted by molar-refractivity contribution is 0.0684. The topological polar surface area (TPSA) is 46.1 Å². The molecule has 1 aliphatic carbocycles. The molecule has 1 saturated carbocycles. The van der Waals surface area contributed by atoms with Crippen molar-refractivity contribution in [3.63, 3.8) is 0 Å². The molecule has 6 heteroatoms. The second kappa shape index (κ2) is 6.26. The van der Waals surface area contributed by atoms with E-state index < -0.39 is 0 Å². The van der Waals surface area contributed by atoms with Gasteiger partial charge in [-0.05, 0) is 43.8 Å². The number of nitrogens with one attached hydrogen (secondary N) is 1. The van der Waals surface area contributed by atoms with E-state index >= 15 is 0 Å². The third-order valence-corrected chi connectivity index (χ3v) is 4.88. The third-order valence-electron chi connectivity index (χ3n) is 4.59. The van der Waals surface area contributed by atoms with Gasteiger partial charge in [0.05, 0.1) is 0 Å². The lowest BCUT2D eigenvalue weighted by Crippen LogP contribution is -2.31. The molecule has 1 aromatic heterocycles. The molecule has 0 aromatic carbocycles. The van der Waals surface area contributed by atoms with Crippen LogP contribution in [0.15, 0.2) is 0 Å². The minimum absolute atomic E-state index is 0.536. The van der Waals surface area contributed by atoms with E-state index in [1.54, 1.807) is 0 Å². The summed E-state index contributed by atoms with van der Waals surface area (Å²) >= 11 is 5.43. The van der Waals surface area contributed by atoms with Crippen LogP contribution in [0.1, 0.15) is 44.6 Å². The van der Waals surface area contributed by atoms with Crippen LogP contribution < -0.4 is 4.90 Å². The average molecular weight is 296 g/mol. The lowest BCUT2D eigenvalue weighted by atomic mass is 10.00. The maximum atomic E-state index is 5.43. The number of anilines is 1. The number of aromatic nitrogens is 3. The SMILES string of the molecule is CN(CC1CCOCC1)c1n[nH]c(=S)n1C1CCCC1. The Labute approximate surface area is 125 Å². The summed E-state index contributed by atoms with van der Waals surface area (Å²) in [5, 5.41) is 7.45. The van der Waals surface area contributed by atoms with Gasteiger partial charge in [0.1, 0.15) is 0 Å². The van der Waals surface area contributed by atoms with Crippen molar-refractivity contribution in [2.24, 2.45) is 5.92 Å². The number of aromatic amines is 1. The van der Waals surface area contributed by atoms with E-state index in [-0.39, 0.29) is 0 Å². The molecule has 1 aliphatic heterocycles. The van der Waals surface area contributed by atoms with Gasteiger partial charge in [0.15, 0.2) is 4.77 Å². The predicted octanol–water partition coefficient (Wildman–Crippen LogP) is 2.92. The first-order valence-electron chi connectivity index (χ1n) is 7.71. The van der Waals surface area contributed by atoms with Gasteiger partial charge < -0.3 is 9.64 Å². The highest BCUT2D eigenvalue weighted by atomic mass is 32.1. The van der Waals surface area contributed by atoms with Crippen molar-refractivity contribution >= 4 is 18.2 Å². The van der Waals surface area contributed by atoms with Gasteiger partial charge in [-0.3, -0.25) is 4.57 Å². The first kappa shape index (κ1) is 14.1. The fourth-order valence-electron chi connectivity index (χ4n) is 3.46. The highest BCUT2D eigenvalue weighted by Crippen LogP contribution is 2.32. The summed E-state index contributed by atoms with van der Waals surface area (Å²) < 4.78 is 8.44. The van der Waals surface area contributed by atoms with Crippen molar-refractivity contribution in [1.82, 2.24) is 14.8 Å². The number of H-pyrrole nitrogens is 1. The Morgan fingerprint density at radius 3 is 2.70 bits per heavy atom. The van der Waals surface area contributed by atoms with Gasteiger partial charge in [0.25, 0.3) is 0 Å². The van der Waals surface area contributed by atoms with Gasteiger partial charge in [0.2, 0.25) is 5.95 Å². The van der Waals surface area contributed by atoms with Crippen molar-refractivity contribution in [3.05, 3.63) is 4.77 Å². The second-order valence-corrected chi connectivity index (χ2v) is 6.46. The lowest BCUT2D eigenvalue weighted by Gasteiger charge is -2.28. The highest BCUT2D eigenvalue weighted by molar-refractivity contribution is 7.71. The molecule has 3 rings (SSSR count). The van der Waals surface area contributed by atoms with Crippen LogP contribution in [0.25, 0.3) is 0 Å². The summed E-state index contributed by atoms with van der Waals surface area (Å²) in [6.07, 6.45) is 7.37. The van der Waals surface area contributed by atoms with Gasteiger partial charge in [-0.15, -0.1) is 5.10 Å². The van der Waals surface area contributed by atoms with Crippen LogP contribution >= 0.6 is 12.2 Å². The second-order valence-electron chi connectivity index (χ2n) is 6.07. The van der Waals surface area contributed by atoms with Crippen LogP contribution in [0, 0.1) is 10.7 Å². The highest BCUT2D eigenvalue weighted by Gasteiger charge is 2.24. The van der Waals surface area contributed by atoms with E-state index in [2.05, 4.69) is 26.7 Å². The van der Waals surface area contributed by atoms with Crippen molar-refractivity contribution < 1.29 is 4.74 Å². The minimum atomic E-state index is 0.536. The van der Waals surface area contributed by atoms with E-state index in [9.17, 15) is 0 Å². The molecule has 2 aliphatic rings. The largest absolute Gasteiger partial charge is 0.381 e. The summed E-state index contributed by atoms with van der Waals surface area (Å²) in [4.78, 5) is 2.26. The fourth-order valence-corrected chi connectivity index (χ4v) is 3.73. The van der Waals surface area contributed by atoms with Crippen LogP contribution in [0.2, 0.25) is 0 Å². The molecular formula is C14H24N4OS. The molecule has 5 nitrogen and oxygen atoms in total. The molecule has 1 saturated heterocycles. The smallest absolute Gasteiger partial charge is 0.225 e. The average Bonchev–Trinajstić information content (AvgIpc) is 3.08. The number of hydrogen-bond acceptors (Lipinski definition) is 4. The molecule has 0 amide bonds. The van der Waals surface area contributed by atoms with Crippen LogP contribution in [-0.4, -0.2) is 41.6 Å². The van der Waals surface area contributed by atoms with E-state index in [0.29, 0.717) is 12.0 Å². The molecule has 0 radical (unpaired) electrons. The molecule has 2 fully saturated rings. The maximum absolute atomic E-state index is 5.43. The van der Waals surface area contributed by atoms with Crippen LogP contribution in [0.4, 0.5) is 5.95 Å². The predicted molar refractivity (Wildman–Crippen MR) is 81.7 cm³/mol. The quantitative estimate of drug-likeness (QED) is 0.868. The van der Waals surface area contributed by atoms with E-state index in [1.165, 1.54) is 25.7 Å². The van der Waals surface area contributed by atoms with Gasteiger partial charge >= 0.3 is 0 Å². The molecule has 0 unspecified atom stereocenters. The molecule has 0 atom stereocenters. The Kier molecular flexibility index (Phi) is 4.41. The Hall–Kier alpha value is -0.880. The standard InChI is InChI=1S/C14H24N4OS/c1-17(10-11-6-8-19-9-7-11)13-15-16-14(20)18(13)12-4-2-3-5-12/h11-12H,2-10H2,1H3,(H,16,20). The monoisotopic (exact) mass is 296 g/mol. The summed E-state index contributed by atoms with van der Waals surface area (Å²) in [5.74, 6) is 1.71. The van der Waals surface area contributed by atoms with E-state index in [0.717, 1.165) is 43.3 Å². The zero-order valence-corrected chi connectivity index (χ0v) is 13.0. The fraction of sp³-hybridized carbons (Fsp3) is 0.857. The maximum Gasteiger partial charge on any atom is 0.225 e. The zero-order chi connectivity index (χ0) is 13.9. The molecular weight excluding hydrogens is 272 g/mol. The molecule has 0 spiro atoms. The number of ether oxygens (including phenoxy) is 1. The number of rotatable bonds is 4. The number of hydrogen-bond donors (Lipinski definition) is 1. The van der Waals surface area contributed by atoms with Gasteiger partial charge in [-0.2, -0.15) is 0 Å². The molecule has 1 N–H and O–H groups in total. The molecule has 0 bridgehead atoms. The zero-order valence-electron chi connectivity index (χ0n) is 12.2.